The number of anilines is 1. The number of nitrogens with two attached hydrogens (primary N) is 1. The molecule has 0 bridgehead atoms. The molecule has 1 saturated heterocycles. The van der Waals surface area contributed by atoms with Gasteiger partial charge in [0.05, 0.1) is 21.8 Å². The van der Waals surface area contributed by atoms with Crippen molar-refractivity contribution in [1.82, 2.24) is 0 Å². The maximum atomic E-state index is 13.3. The lowest BCUT2D eigenvalue weighted by atomic mass is 10.1. The molecule has 0 radical (unpaired) electrons. The Morgan fingerprint density at radius 2 is 2.14 bits per heavy atom. The van der Waals surface area contributed by atoms with E-state index < -0.39 is 44.0 Å². The Balaban J connectivity index is 2.40. The number of sulfonamides is 1. The molecule has 2 rings (SSSR count). The molecule has 1 amide bonds. The van der Waals surface area contributed by atoms with Gasteiger partial charge in [0.2, 0.25) is 15.9 Å². The first-order valence-electron chi connectivity index (χ1n) is 6.02. The first kappa shape index (κ1) is 16.6. The van der Waals surface area contributed by atoms with Crippen LogP contribution < -0.4 is 10.0 Å². The number of hydrogen-bond acceptors (Lipinski definition) is 5. The van der Waals surface area contributed by atoms with E-state index in [1.54, 1.807) is 0 Å². The fraction of sp³-hybridized carbons (Fsp3) is 0.364. The summed E-state index contributed by atoms with van der Waals surface area (Å²) in [6.45, 7) is -0.0958. The Morgan fingerprint density at radius 3 is 2.68 bits per heavy atom. The van der Waals surface area contributed by atoms with Gasteiger partial charge in [0.15, 0.2) is 0 Å². The summed E-state index contributed by atoms with van der Waals surface area (Å²) >= 11 is 5.82. The molecule has 0 saturated carbocycles. The largest absolute Gasteiger partial charge is 0.305 e. The van der Waals surface area contributed by atoms with Crippen molar-refractivity contribution in [3.63, 3.8) is 0 Å². The summed E-state index contributed by atoms with van der Waals surface area (Å²) in [5, 5.41) is 15.7. The molecule has 1 aliphatic rings. The summed E-state index contributed by atoms with van der Waals surface area (Å²) < 4.78 is 35.4. The Bertz CT molecular complexity index is 754. The first-order valence-corrected chi connectivity index (χ1v) is 8.12. The molecule has 1 aromatic carbocycles. The number of amides is 1. The monoisotopic (exact) mass is 351 g/mol. The van der Waals surface area contributed by atoms with Crippen molar-refractivity contribution in [1.29, 1.82) is 0 Å². The molecule has 8 nitrogen and oxygen atoms in total. The number of primary sulfonamides is 1. The Labute approximate surface area is 129 Å². The summed E-state index contributed by atoms with van der Waals surface area (Å²) in [4.78, 5) is 23.2. The molecule has 0 aromatic heterocycles. The highest BCUT2D eigenvalue weighted by molar-refractivity contribution is 7.89. The van der Waals surface area contributed by atoms with Crippen molar-refractivity contribution in [2.24, 2.45) is 11.1 Å². The molecule has 22 heavy (non-hydrogen) atoms. The number of benzene rings is 1. The van der Waals surface area contributed by atoms with E-state index in [9.17, 15) is 27.7 Å². The average Bonchev–Trinajstić information content (AvgIpc) is 2.66. The zero-order chi connectivity index (χ0) is 16.7. The number of hydrogen-bond donors (Lipinski definition) is 1. The van der Waals surface area contributed by atoms with Crippen LogP contribution in [0, 0.1) is 21.8 Å². The highest BCUT2D eigenvalue weighted by atomic mass is 35.5. The number of halogens is 2. The smallest absolute Gasteiger partial charge is 0.297 e. The second-order valence-electron chi connectivity index (χ2n) is 4.92. The van der Waals surface area contributed by atoms with E-state index in [0.29, 0.717) is 6.07 Å². The van der Waals surface area contributed by atoms with Crippen molar-refractivity contribution in [2.75, 3.05) is 17.2 Å². The van der Waals surface area contributed by atoms with Crippen molar-refractivity contribution in [2.45, 2.75) is 6.42 Å². The molecule has 1 fully saturated rings. The fourth-order valence-electron chi connectivity index (χ4n) is 2.40. The van der Waals surface area contributed by atoms with Gasteiger partial charge < -0.3 is 4.90 Å². The number of nitrogens with zero attached hydrogens (tertiary/aromatic N) is 2. The molecule has 2 N–H and O–H groups in total. The number of nitro benzene ring substituents is 1. The standard InChI is InChI=1S/C11H11ClFN3O5S/c12-8-2-7(13)3-9(16(18)19)11(8)15-4-6(1-10(15)17)5-22(14,20)21/h2-3,6H,1,4-5H2,(H2,14,20,21). The molecule has 0 aliphatic carbocycles. The lowest BCUT2D eigenvalue weighted by molar-refractivity contribution is -0.384. The van der Waals surface area contributed by atoms with Crippen molar-refractivity contribution in [3.8, 4) is 0 Å². The molecular formula is C11H11ClFN3O5S. The second-order valence-corrected chi connectivity index (χ2v) is 6.98. The van der Waals surface area contributed by atoms with Gasteiger partial charge in [0.25, 0.3) is 5.69 Å². The summed E-state index contributed by atoms with van der Waals surface area (Å²) in [6.07, 6.45) is -0.138. The van der Waals surface area contributed by atoms with Gasteiger partial charge in [-0.15, -0.1) is 0 Å². The predicted octanol–water partition coefficient (Wildman–Crippen LogP) is 1.03. The number of nitro groups is 1. The molecule has 1 aliphatic heterocycles. The van der Waals surface area contributed by atoms with Gasteiger partial charge >= 0.3 is 0 Å². The van der Waals surface area contributed by atoms with Gasteiger partial charge in [0.1, 0.15) is 11.5 Å². The van der Waals surface area contributed by atoms with Crippen LogP contribution in [0.15, 0.2) is 12.1 Å². The molecule has 11 heteroatoms. The van der Waals surface area contributed by atoms with Crippen LogP contribution in [0.1, 0.15) is 6.42 Å². The van der Waals surface area contributed by atoms with Gasteiger partial charge in [-0.05, 0) is 6.07 Å². The first-order chi connectivity index (χ1) is 10.1. The minimum absolute atomic E-state index is 0.0958. The number of rotatable bonds is 4. The normalized spacial score (nSPS) is 18.8. The lowest BCUT2D eigenvalue weighted by Gasteiger charge is -2.18. The third-order valence-electron chi connectivity index (χ3n) is 3.15. The topological polar surface area (TPSA) is 124 Å². The van der Waals surface area contributed by atoms with E-state index >= 15 is 0 Å². The Morgan fingerprint density at radius 1 is 1.50 bits per heavy atom. The molecule has 120 valence electrons. The maximum absolute atomic E-state index is 13.3. The minimum Gasteiger partial charge on any atom is -0.305 e. The third-order valence-corrected chi connectivity index (χ3v) is 4.37. The van der Waals surface area contributed by atoms with Crippen LogP contribution in [0.5, 0.6) is 0 Å². The van der Waals surface area contributed by atoms with Gasteiger partial charge in [0, 0.05) is 18.9 Å². The predicted molar refractivity (Wildman–Crippen MR) is 76.5 cm³/mol. The zero-order valence-electron chi connectivity index (χ0n) is 11.0. The minimum atomic E-state index is -3.79. The van der Waals surface area contributed by atoms with Crippen molar-refractivity contribution < 1.29 is 22.5 Å². The maximum Gasteiger partial charge on any atom is 0.297 e. The van der Waals surface area contributed by atoms with Gasteiger partial charge in [-0.25, -0.2) is 17.9 Å². The summed E-state index contributed by atoms with van der Waals surface area (Å²) in [7, 11) is -3.79. The molecule has 0 spiro atoms. The lowest BCUT2D eigenvalue weighted by Crippen LogP contribution is -2.28. The number of carbonyl (C=O) groups excluding carboxylic acids is 1. The van der Waals surface area contributed by atoms with E-state index in [1.807, 2.05) is 0 Å². The Kier molecular flexibility index (Phi) is 4.36. The van der Waals surface area contributed by atoms with Crippen LogP contribution in [0.3, 0.4) is 0 Å². The van der Waals surface area contributed by atoms with Crippen LogP contribution in [0.2, 0.25) is 5.02 Å². The van der Waals surface area contributed by atoms with Gasteiger partial charge in [-0.1, -0.05) is 11.6 Å². The van der Waals surface area contributed by atoms with E-state index in [2.05, 4.69) is 0 Å². The van der Waals surface area contributed by atoms with Crippen LogP contribution in [-0.2, 0) is 14.8 Å². The van der Waals surface area contributed by atoms with Gasteiger partial charge in [-0.3, -0.25) is 14.9 Å². The third kappa shape index (κ3) is 3.51. The van der Waals surface area contributed by atoms with E-state index in [-0.39, 0.29) is 23.7 Å². The second kappa shape index (κ2) is 5.78. The average molecular weight is 352 g/mol. The molecule has 1 atom stereocenters. The quantitative estimate of drug-likeness (QED) is 0.640. The molecular weight excluding hydrogens is 341 g/mol. The number of carbonyl (C=O) groups is 1. The van der Waals surface area contributed by atoms with Crippen molar-refractivity contribution in [3.05, 3.63) is 33.1 Å². The highest BCUT2D eigenvalue weighted by Gasteiger charge is 2.37. The fourth-order valence-corrected chi connectivity index (χ4v) is 3.58. The highest BCUT2D eigenvalue weighted by Crippen LogP contribution is 2.39. The van der Waals surface area contributed by atoms with Crippen molar-refractivity contribution >= 4 is 38.9 Å². The zero-order valence-corrected chi connectivity index (χ0v) is 12.6. The van der Waals surface area contributed by atoms with E-state index in [1.165, 1.54) is 0 Å². The molecule has 1 aromatic rings. The van der Waals surface area contributed by atoms with Crippen LogP contribution >= 0.6 is 11.6 Å². The Hall–Kier alpha value is -1.78. The summed E-state index contributed by atoms with van der Waals surface area (Å²) in [5.74, 6) is -2.48. The summed E-state index contributed by atoms with van der Waals surface area (Å²) in [5.41, 5.74) is -0.899. The SMILES string of the molecule is NS(=O)(=O)CC1CC(=O)N(c2c(Cl)cc(F)cc2[N+](=O)[O-])C1. The van der Waals surface area contributed by atoms with Gasteiger partial charge in [-0.2, -0.15) is 0 Å². The summed E-state index contributed by atoms with van der Waals surface area (Å²) in [6, 6.07) is 1.51. The molecule has 1 heterocycles. The van der Waals surface area contributed by atoms with Crippen LogP contribution in [0.25, 0.3) is 0 Å². The van der Waals surface area contributed by atoms with E-state index in [0.717, 1.165) is 11.0 Å². The van der Waals surface area contributed by atoms with Crippen LogP contribution in [0.4, 0.5) is 15.8 Å². The van der Waals surface area contributed by atoms with Crippen LogP contribution in [-0.4, -0.2) is 31.5 Å². The molecule has 1 unspecified atom stereocenters. The van der Waals surface area contributed by atoms with E-state index in [4.69, 9.17) is 16.7 Å².